The van der Waals surface area contributed by atoms with E-state index >= 15 is 0 Å². The number of carbonyl (C=O) groups excluding carboxylic acids is 1. The molecule has 0 saturated carbocycles. The van der Waals surface area contributed by atoms with Crippen LogP contribution in [0.1, 0.15) is 56.4 Å². The second-order valence-electron chi connectivity index (χ2n) is 3.91. The summed E-state index contributed by atoms with van der Waals surface area (Å²) in [5, 5.41) is 0. The smallest absolute Gasteiger partial charge is 0.416 e. The molecule has 0 aliphatic carbocycles. The van der Waals surface area contributed by atoms with Gasteiger partial charge in [0.1, 0.15) is 6.26 Å². The Bertz CT molecular complexity index is 387. The van der Waals surface area contributed by atoms with Crippen LogP contribution in [0.4, 0.5) is 0 Å². The average molecular weight is 211 g/mol. The summed E-state index contributed by atoms with van der Waals surface area (Å²) in [7, 11) is 0. The Morgan fingerprint density at radius 2 is 2.20 bits per heavy atom. The van der Waals surface area contributed by atoms with Crippen molar-refractivity contribution < 1.29 is 9.21 Å². The van der Waals surface area contributed by atoms with E-state index in [2.05, 4.69) is 0 Å². The molecule has 0 saturated heterocycles. The van der Waals surface area contributed by atoms with E-state index < -0.39 is 5.76 Å². The molecule has 0 aromatic carbocycles. The molecule has 0 spiro atoms. The third kappa shape index (κ3) is 2.58. The molecule has 1 aromatic rings. The lowest BCUT2D eigenvalue weighted by Crippen LogP contribution is -2.25. The molecule has 0 unspecified atom stereocenters. The summed E-state index contributed by atoms with van der Waals surface area (Å²) < 4.78 is 5.90. The molecular formula is C11H17NO3. The first-order chi connectivity index (χ1) is 7.07. The summed E-state index contributed by atoms with van der Waals surface area (Å²) in [6.07, 6.45) is 3.51. The van der Waals surface area contributed by atoms with Gasteiger partial charge in [-0.05, 0) is 12.3 Å². The van der Waals surface area contributed by atoms with Gasteiger partial charge in [-0.1, -0.05) is 27.2 Å². The molecule has 0 N–H and O–H groups in total. The van der Waals surface area contributed by atoms with Gasteiger partial charge in [0.25, 0.3) is 0 Å². The molecule has 1 aromatic heterocycles. The number of nitrogens with zero attached hydrogens (tertiary/aromatic N) is 1. The highest BCUT2D eigenvalue weighted by atomic mass is 16.4. The van der Waals surface area contributed by atoms with E-state index in [0.717, 1.165) is 17.4 Å². The Morgan fingerprint density at radius 1 is 1.53 bits per heavy atom. The SMILES string of the molecule is CCCCC(=O)n1c(C(C)C)coc1=O. The van der Waals surface area contributed by atoms with E-state index in [9.17, 15) is 9.59 Å². The van der Waals surface area contributed by atoms with E-state index in [4.69, 9.17) is 4.42 Å². The molecule has 4 nitrogen and oxygen atoms in total. The van der Waals surface area contributed by atoms with Crippen LogP contribution >= 0.6 is 0 Å². The third-order valence-corrected chi connectivity index (χ3v) is 2.31. The van der Waals surface area contributed by atoms with Crippen molar-refractivity contribution >= 4 is 5.91 Å². The molecule has 0 radical (unpaired) electrons. The maximum atomic E-state index is 11.7. The van der Waals surface area contributed by atoms with Gasteiger partial charge < -0.3 is 4.42 Å². The highest BCUT2D eigenvalue weighted by Crippen LogP contribution is 2.13. The minimum atomic E-state index is -0.570. The van der Waals surface area contributed by atoms with Crippen molar-refractivity contribution in [3.05, 3.63) is 22.5 Å². The fourth-order valence-electron chi connectivity index (χ4n) is 1.40. The van der Waals surface area contributed by atoms with Gasteiger partial charge in [-0.3, -0.25) is 4.79 Å². The summed E-state index contributed by atoms with van der Waals surface area (Å²) in [5.41, 5.74) is 0.654. The molecule has 0 aliphatic rings. The quantitative estimate of drug-likeness (QED) is 0.768. The van der Waals surface area contributed by atoms with Gasteiger partial charge in [-0.25, -0.2) is 9.36 Å². The average Bonchev–Trinajstić information content (AvgIpc) is 2.56. The zero-order valence-electron chi connectivity index (χ0n) is 9.45. The lowest BCUT2D eigenvalue weighted by molar-refractivity contribution is 0.0887. The maximum Gasteiger partial charge on any atom is 0.426 e. The summed E-state index contributed by atoms with van der Waals surface area (Å²) in [5.74, 6) is -0.624. The Morgan fingerprint density at radius 3 is 2.73 bits per heavy atom. The van der Waals surface area contributed by atoms with Crippen molar-refractivity contribution in [2.75, 3.05) is 0 Å². The second-order valence-corrected chi connectivity index (χ2v) is 3.91. The zero-order valence-corrected chi connectivity index (χ0v) is 9.45. The van der Waals surface area contributed by atoms with Crippen LogP contribution < -0.4 is 5.76 Å². The second kappa shape index (κ2) is 4.96. The minimum Gasteiger partial charge on any atom is -0.416 e. The normalized spacial score (nSPS) is 10.9. The first-order valence-electron chi connectivity index (χ1n) is 5.31. The Kier molecular flexibility index (Phi) is 3.88. The molecule has 0 atom stereocenters. The van der Waals surface area contributed by atoms with Gasteiger partial charge >= 0.3 is 5.76 Å². The number of rotatable bonds is 4. The predicted molar refractivity (Wildman–Crippen MR) is 57.2 cm³/mol. The van der Waals surface area contributed by atoms with Crippen LogP contribution in [0.3, 0.4) is 0 Å². The molecule has 0 fully saturated rings. The number of hydrogen-bond acceptors (Lipinski definition) is 3. The van der Waals surface area contributed by atoms with E-state index in [1.807, 2.05) is 20.8 Å². The number of oxazole rings is 1. The van der Waals surface area contributed by atoms with E-state index in [1.54, 1.807) is 0 Å². The van der Waals surface area contributed by atoms with Crippen LogP contribution in [0, 0.1) is 0 Å². The number of hydrogen-bond donors (Lipinski definition) is 0. The first kappa shape index (κ1) is 11.8. The van der Waals surface area contributed by atoms with Gasteiger partial charge in [0.15, 0.2) is 0 Å². The lowest BCUT2D eigenvalue weighted by atomic mass is 10.1. The molecule has 1 heterocycles. The van der Waals surface area contributed by atoms with Crippen molar-refractivity contribution in [1.82, 2.24) is 4.57 Å². The monoisotopic (exact) mass is 211 g/mol. The van der Waals surface area contributed by atoms with Crippen LogP contribution in [-0.2, 0) is 0 Å². The minimum absolute atomic E-state index is 0.113. The summed E-state index contributed by atoms with van der Waals surface area (Å²) in [4.78, 5) is 23.0. The standard InChI is InChI=1S/C11H17NO3/c1-4-5-6-10(13)12-9(8(2)3)7-15-11(12)14/h7-8H,4-6H2,1-3H3. The van der Waals surface area contributed by atoms with Crippen molar-refractivity contribution in [1.29, 1.82) is 0 Å². The first-order valence-corrected chi connectivity index (χ1v) is 5.31. The van der Waals surface area contributed by atoms with E-state index in [-0.39, 0.29) is 11.8 Å². The van der Waals surface area contributed by atoms with Gasteiger partial charge in [0.05, 0.1) is 5.69 Å². The van der Waals surface area contributed by atoms with Crippen LogP contribution in [0.2, 0.25) is 0 Å². The summed E-state index contributed by atoms with van der Waals surface area (Å²) >= 11 is 0. The molecule has 0 aliphatic heterocycles. The van der Waals surface area contributed by atoms with Crippen LogP contribution in [0.25, 0.3) is 0 Å². The van der Waals surface area contributed by atoms with Crippen molar-refractivity contribution in [2.45, 2.75) is 46.0 Å². The van der Waals surface area contributed by atoms with Gasteiger partial charge in [0, 0.05) is 6.42 Å². The summed E-state index contributed by atoms with van der Waals surface area (Å²) in [6.45, 7) is 5.86. The van der Waals surface area contributed by atoms with Crippen molar-refractivity contribution in [3.8, 4) is 0 Å². The molecule has 84 valence electrons. The molecule has 15 heavy (non-hydrogen) atoms. The van der Waals surface area contributed by atoms with Crippen LogP contribution in [0.5, 0.6) is 0 Å². The Balaban J connectivity index is 2.96. The van der Waals surface area contributed by atoms with Crippen LogP contribution in [-0.4, -0.2) is 10.5 Å². The number of aromatic nitrogens is 1. The van der Waals surface area contributed by atoms with E-state index in [1.165, 1.54) is 6.26 Å². The largest absolute Gasteiger partial charge is 0.426 e. The Hall–Kier alpha value is -1.32. The zero-order chi connectivity index (χ0) is 11.4. The molecular weight excluding hydrogens is 194 g/mol. The van der Waals surface area contributed by atoms with Gasteiger partial charge in [0.2, 0.25) is 5.91 Å². The molecule has 4 heteroatoms. The lowest BCUT2D eigenvalue weighted by Gasteiger charge is -2.06. The van der Waals surface area contributed by atoms with Gasteiger partial charge in [-0.2, -0.15) is 0 Å². The molecule has 1 rings (SSSR count). The van der Waals surface area contributed by atoms with Crippen molar-refractivity contribution in [3.63, 3.8) is 0 Å². The molecule has 0 bridgehead atoms. The fourth-order valence-corrected chi connectivity index (χ4v) is 1.40. The Labute approximate surface area is 88.9 Å². The number of carbonyl (C=O) groups is 1. The third-order valence-electron chi connectivity index (χ3n) is 2.31. The predicted octanol–water partition coefficient (Wildman–Crippen LogP) is 2.40. The van der Waals surface area contributed by atoms with E-state index in [0.29, 0.717) is 12.1 Å². The maximum absolute atomic E-state index is 11.7. The van der Waals surface area contributed by atoms with Gasteiger partial charge in [-0.15, -0.1) is 0 Å². The topological polar surface area (TPSA) is 52.2 Å². The van der Waals surface area contributed by atoms with Crippen molar-refractivity contribution in [2.24, 2.45) is 0 Å². The summed E-state index contributed by atoms with van der Waals surface area (Å²) in [6, 6.07) is 0. The number of unbranched alkanes of at least 4 members (excludes halogenated alkanes) is 1. The molecule has 0 amide bonds. The van der Waals surface area contributed by atoms with Crippen LogP contribution in [0.15, 0.2) is 15.5 Å². The highest BCUT2D eigenvalue weighted by molar-refractivity contribution is 5.79. The highest BCUT2D eigenvalue weighted by Gasteiger charge is 2.17. The fraction of sp³-hybridized carbons (Fsp3) is 0.636.